The van der Waals surface area contributed by atoms with Crippen LogP contribution in [0.5, 0.6) is 11.5 Å². The summed E-state index contributed by atoms with van der Waals surface area (Å²) < 4.78 is 43.0. The summed E-state index contributed by atoms with van der Waals surface area (Å²) in [6.07, 6.45) is 0. The molecule has 10 heteroatoms. The Kier molecular flexibility index (Phi) is 6.81. The molecule has 0 saturated heterocycles. The van der Waals surface area contributed by atoms with Crippen LogP contribution in [0.25, 0.3) is 11.5 Å². The van der Waals surface area contributed by atoms with E-state index in [2.05, 4.69) is 15.5 Å². The molecule has 0 fully saturated rings. The molecule has 1 N–H and O–H groups in total. The van der Waals surface area contributed by atoms with Gasteiger partial charge in [0.15, 0.2) is 0 Å². The monoisotopic (exact) mass is 446 g/mol. The number of hydrogen-bond acceptors (Lipinski definition) is 8. The third kappa shape index (κ3) is 4.97. The van der Waals surface area contributed by atoms with Gasteiger partial charge in [0.1, 0.15) is 22.4 Å². The van der Waals surface area contributed by atoms with Crippen molar-refractivity contribution in [3.05, 3.63) is 48.4 Å². The van der Waals surface area contributed by atoms with E-state index < -0.39 is 10.0 Å². The maximum Gasteiger partial charge on any atom is 0.247 e. The lowest BCUT2D eigenvalue weighted by atomic mass is 10.2. The van der Waals surface area contributed by atoms with E-state index in [0.29, 0.717) is 29.8 Å². The average molecular weight is 447 g/mol. The Labute approximate surface area is 182 Å². The molecule has 3 aromatic rings. The summed E-state index contributed by atoms with van der Waals surface area (Å²) in [4.78, 5) is 0.0843. The van der Waals surface area contributed by atoms with Crippen LogP contribution in [0.3, 0.4) is 0 Å². The van der Waals surface area contributed by atoms with Gasteiger partial charge in [0.2, 0.25) is 21.8 Å². The quantitative estimate of drug-likeness (QED) is 0.532. The standard InChI is InChI=1S/C21H26N4O5S/c1-6-29-18-12-9-16(13-19(18)31(26,27)25(3)4)22-14(2)20-23-24-21(30-20)15-7-10-17(28-5)11-8-15/h7-14,22H,6H2,1-5H3/t14-/m1/s1. The fraction of sp³-hybridized carbons (Fsp3) is 0.333. The number of ether oxygens (including phenoxy) is 2. The molecule has 0 aliphatic rings. The van der Waals surface area contributed by atoms with Crippen molar-refractivity contribution in [2.45, 2.75) is 24.8 Å². The molecule has 0 unspecified atom stereocenters. The summed E-state index contributed by atoms with van der Waals surface area (Å²) in [6, 6.07) is 11.9. The Morgan fingerprint density at radius 2 is 1.84 bits per heavy atom. The largest absolute Gasteiger partial charge is 0.497 e. The second-order valence-corrected chi connectivity index (χ2v) is 9.04. The number of methoxy groups -OCH3 is 1. The van der Waals surface area contributed by atoms with Gasteiger partial charge in [-0.25, -0.2) is 12.7 Å². The minimum absolute atomic E-state index is 0.0843. The zero-order chi connectivity index (χ0) is 22.6. The molecular formula is C21H26N4O5S. The number of nitrogens with one attached hydrogen (secondary N) is 1. The van der Waals surface area contributed by atoms with Gasteiger partial charge < -0.3 is 19.2 Å². The molecule has 0 aliphatic carbocycles. The van der Waals surface area contributed by atoms with Crippen LogP contribution in [0.4, 0.5) is 5.69 Å². The summed E-state index contributed by atoms with van der Waals surface area (Å²) in [5, 5.41) is 11.4. The maximum atomic E-state index is 12.7. The minimum atomic E-state index is -3.68. The molecule has 1 aromatic heterocycles. The molecule has 0 amide bonds. The molecule has 0 spiro atoms. The molecule has 166 valence electrons. The topological polar surface area (TPSA) is 107 Å². The zero-order valence-corrected chi connectivity index (χ0v) is 18.9. The van der Waals surface area contributed by atoms with Crippen LogP contribution in [0, 0.1) is 0 Å². The van der Waals surface area contributed by atoms with Gasteiger partial charge in [-0.1, -0.05) is 0 Å². The lowest BCUT2D eigenvalue weighted by Crippen LogP contribution is -2.23. The summed E-state index contributed by atoms with van der Waals surface area (Å²) >= 11 is 0. The van der Waals surface area contributed by atoms with E-state index in [1.165, 1.54) is 20.2 Å². The number of benzene rings is 2. The second kappa shape index (κ2) is 9.36. The van der Waals surface area contributed by atoms with Crippen molar-refractivity contribution in [1.82, 2.24) is 14.5 Å². The first kappa shape index (κ1) is 22.6. The number of anilines is 1. The maximum absolute atomic E-state index is 12.7. The summed E-state index contributed by atoms with van der Waals surface area (Å²) in [6.45, 7) is 4.01. The van der Waals surface area contributed by atoms with Crippen molar-refractivity contribution < 1.29 is 22.3 Å². The molecule has 1 atom stereocenters. The fourth-order valence-electron chi connectivity index (χ4n) is 2.84. The van der Waals surface area contributed by atoms with Crippen LogP contribution in [0.15, 0.2) is 51.8 Å². The smallest absolute Gasteiger partial charge is 0.247 e. The summed E-state index contributed by atoms with van der Waals surface area (Å²) in [5.74, 6) is 1.79. The van der Waals surface area contributed by atoms with Crippen LogP contribution < -0.4 is 14.8 Å². The second-order valence-electron chi connectivity index (χ2n) is 6.92. The number of rotatable bonds is 9. The van der Waals surface area contributed by atoms with Crippen LogP contribution >= 0.6 is 0 Å². The normalized spacial score (nSPS) is 12.6. The lowest BCUT2D eigenvalue weighted by Gasteiger charge is -2.18. The van der Waals surface area contributed by atoms with E-state index in [1.807, 2.05) is 31.2 Å². The predicted molar refractivity (Wildman–Crippen MR) is 117 cm³/mol. The van der Waals surface area contributed by atoms with E-state index in [4.69, 9.17) is 13.9 Å². The summed E-state index contributed by atoms with van der Waals surface area (Å²) in [5.41, 5.74) is 1.35. The first-order chi connectivity index (χ1) is 14.8. The van der Waals surface area contributed by atoms with Gasteiger partial charge in [0.25, 0.3) is 0 Å². The van der Waals surface area contributed by atoms with E-state index in [-0.39, 0.29) is 10.9 Å². The molecule has 9 nitrogen and oxygen atoms in total. The van der Waals surface area contributed by atoms with Crippen LogP contribution in [-0.4, -0.2) is 50.7 Å². The Balaban J connectivity index is 1.83. The van der Waals surface area contributed by atoms with Gasteiger partial charge in [0.05, 0.1) is 13.7 Å². The summed E-state index contributed by atoms with van der Waals surface area (Å²) in [7, 11) is 0.875. The number of sulfonamides is 1. The highest BCUT2D eigenvalue weighted by molar-refractivity contribution is 7.89. The molecule has 0 aliphatic heterocycles. The van der Waals surface area contributed by atoms with Gasteiger partial charge in [-0.2, -0.15) is 0 Å². The van der Waals surface area contributed by atoms with Gasteiger partial charge in [0, 0.05) is 25.3 Å². The Bertz CT molecular complexity index is 1130. The van der Waals surface area contributed by atoms with Crippen LogP contribution in [0.1, 0.15) is 25.8 Å². The van der Waals surface area contributed by atoms with E-state index in [0.717, 1.165) is 15.6 Å². The van der Waals surface area contributed by atoms with Crippen molar-refractivity contribution in [1.29, 1.82) is 0 Å². The first-order valence-corrected chi connectivity index (χ1v) is 11.1. The molecule has 3 rings (SSSR count). The molecule has 0 radical (unpaired) electrons. The van der Waals surface area contributed by atoms with Gasteiger partial charge in [-0.15, -0.1) is 10.2 Å². The van der Waals surface area contributed by atoms with Crippen molar-refractivity contribution in [2.75, 3.05) is 33.1 Å². The first-order valence-electron chi connectivity index (χ1n) is 9.70. The molecule has 2 aromatic carbocycles. The average Bonchev–Trinajstić information content (AvgIpc) is 3.25. The fourth-order valence-corrected chi connectivity index (χ4v) is 3.89. The molecule has 31 heavy (non-hydrogen) atoms. The van der Waals surface area contributed by atoms with Crippen molar-refractivity contribution in [3.8, 4) is 23.0 Å². The number of hydrogen-bond donors (Lipinski definition) is 1. The molecule has 0 bridgehead atoms. The Morgan fingerprint density at radius 1 is 1.13 bits per heavy atom. The molecule has 0 saturated carbocycles. The zero-order valence-electron chi connectivity index (χ0n) is 18.1. The Morgan fingerprint density at radius 3 is 2.45 bits per heavy atom. The lowest BCUT2D eigenvalue weighted by molar-refractivity contribution is 0.330. The van der Waals surface area contributed by atoms with Crippen molar-refractivity contribution in [3.63, 3.8) is 0 Å². The Hall–Kier alpha value is -3.11. The van der Waals surface area contributed by atoms with Crippen molar-refractivity contribution in [2.24, 2.45) is 0 Å². The third-order valence-electron chi connectivity index (χ3n) is 4.53. The number of aromatic nitrogens is 2. The van der Waals surface area contributed by atoms with Crippen LogP contribution in [-0.2, 0) is 10.0 Å². The SMILES string of the molecule is CCOc1ccc(N[C@H](C)c2nnc(-c3ccc(OC)cc3)o2)cc1S(=O)(=O)N(C)C. The van der Waals surface area contributed by atoms with Gasteiger partial charge in [-0.05, 0) is 56.3 Å². The molecule has 1 heterocycles. The van der Waals surface area contributed by atoms with E-state index >= 15 is 0 Å². The van der Waals surface area contributed by atoms with Gasteiger partial charge >= 0.3 is 0 Å². The molecular weight excluding hydrogens is 420 g/mol. The van der Waals surface area contributed by atoms with Crippen LogP contribution in [0.2, 0.25) is 0 Å². The highest BCUT2D eigenvalue weighted by Gasteiger charge is 2.24. The highest BCUT2D eigenvalue weighted by Crippen LogP contribution is 2.31. The third-order valence-corrected chi connectivity index (χ3v) is 6.37. The highest BCUT2D eigenvalue weighted by atomic mass is 32.2. The van der Waals surface area contributed by atoms with E-state index in [9.17, 15) is 8.42 Å². The predicted octanol–water partition coefficient (Wildman–Crippen LogP) is 3.57. The number of nitrogens with zero attached hydrogens (tertiary/aromatic N) is 3. The van der Waals surface area contributed by atoms with Crippen molar-refractivity contribution >= 4 is 15.7 Å². The van der Waals surface area contributed by atoms with Gasteiger partial charge in [-0.3, -0.25) is 0 Å². The van der Waals surface area contributed by atoms with E-state index in [1.54, 1.807) is 26.2 Å². The minimum Gasteiger partial charge on any atom is -0.497 e.